The van der Waals surface area contributed by atoms with Gasteiger partial charge in [-0.3, -0.25) is 4.99 Å². The Bertz CT molecular complexity index is 187. The Balaban J connectivity index is 0. The number of nitrogens with zero attached hydrogens (tertiary/aromatic N) is 1. The number of hydrogen-bond acceptors (Lipinski definition) is 2. The molecule has 0 radical (unpaired) electrons. The number of allylic oxidation sites excluding steroid dienone is 4. The smallest absolute Gasteiger partial charge is 0.133 e. The van der Waals surface area contributed by atoms with Gasteiger partial charge in [0.1, 0.15) is 5.76 Å². The van der Waals surface area contributed by atoms with Crippen LogP contribution in [0.5, 0.6) is 0 Å². The monoisotopic (exact) mass is 165 g/mol. The molecule has 0 saturated heterocycles. The Morgan fingerprint density at radius 3 is 2.50 bits per heavy atom. The topological polar surface area (TPSA) is 32.6 Å². The van der Waals surface area contributed by atoms with E-state index in [0.29, 0.717) is 6.54 Å². The molecule has 0 spiro atoms. The van der Waals surface area contributed by atoms with Crippen molar-refractivity contribution in [2.45, 2.75) is 13.8 Å². The van der Waals surface area contributed by atoms with Crippen LogP contribution in [0.1, 0.15) is 13.8 Å². The number of hydrogen-bond donors (Lipinski definition) is 1. The Morgan fingerprint density at radius 1 is 1.50 bits per heavy atom. The summed E-state index contributed by atoms with van der Waals surface area (Å²) in [6.07, 6.45) is 14.6. The first-order valence-corrected chi connectivity index (χ1v) is 3.66. The quantitative estimate of drug-likeness (QED) is 0.296. The van der Waals surface area contributed by atoms with E-state index < -0.39 is 0 Å². The van der Waals surface area contributed by atoms with Crippen molar-refractivity contribution in [3.63, 3.8) is 0 Å². The predicted octanol–water partition coefficient (Wildman–Crippen LogP) is 2.34. The number of rotatable bonds is 3. The second kappa shape index (κ2) is 12.2. The zero-order chi connectivity index (χ0) is 9.82. The molecule has 0 aliphatic rings. The summed E-state index contributed by atoms with van der Waals surface area (Å²) in [5.74, 6) is 0.194. The van der Waals surface area contributed by atoms with Crippen LogP contribution in [0.15, 0.2) is 29.0 Å². The van der Waals surface area contributed by atoms with Gasteiger partial charge in [0.2, 0.25) is 0 Å². The first-order chi connectivity index (χ1) is 5.81. The van der Waals surface area contributed by atoms with E-state index in [4.69, 9.17) is 5.11 Å². The number of aliphatic hydroxyl groups is 1. The lowest BCUT2D eigenvalue weighted by Gasteiger charge is -1.85. The van der Waals surface area contributed by atoms with E-state index >= 15 is 0 Å². The van der Waals surface area contributed by atoms with Crippen molar-refractivity contribution in [1.29, 1.82) is 0 Å². The molecular weight excluding hydrogens is 150 g/mol. The van der Waals surface area contributed by atoms with Crippen LogP contribution in [0.4, 0.5) is 0 Å². The maximum absolute atomic E-state index is 8.97. The van der Waals surface area contributed by atoms with E-state index in [9.17, 15) is 0 Å². The van der Waals surface area contributed by atoms with Crippen LogP contribution < -0.4 is 0 Å². The zero-order valence-corrected chi connectivity index (χ0v) is 7.57. The summed E-state index contributed by atoms with van der Waals surface area (Å²) >= 11 is 0. The molecule has 0 rings (SSSR count). The van der Waals surface area contributed by atoms with Crippen molar-refractivity contribution in [3.05, 3.63) is 24.0 Å². The van der Waals surface area contributed by atoms with Gasteiger partial charge >= 0.3 is 0 Å². The molecule has 12 heavy (non-hydrogen) atoms. The van der Waals surface area contributed by atoms with E-state index in [1.54, 1.807) is 12.2 Å². The molecule has 2 nitrogen and oxygen atoms in total. The Morgan fingerprint density at radius 2 is 2.08 bits per heavy atom. The molecule has 0 aliphatic heterocycles. The summed E-state index contributed by atoms with van der Waals surface area (Å²) in [4.78, 5) is 3.85. The zero-order valence-electron chi connectivity index (χ0n) is 7.57. The minimum Gasteiger partial charge on any atom is -0.506 e. The Kier molecular flexibility index (Phi) is 13.4. The fourth-order valence-electron chi connectivity index (χ4n) is 0.423. The standard InChI is InChI=1S/C8H13NO.C2H2/c1-3-5-6-8(10)7-9-4-2;1-2/h3,5-7,10H,4H2,1-2H3;1-2H/b5-3+,8-6-,9-7?;. The van der Waals surface area contributed by atoms with Crippen LogP contribution in [0, 0.1) is 12.8 Å². The Labute approximate surface area is 74.3 Å². The maximum Gasteiger partial charge on any atom is 0.133 e. The highest BCUT2D eigenvalue weighted by atomic mass is 16.3. The molecule has 1 N–H and O–H groups in total. The molecule has 0 heterocycles. The van der Waals surface area contributed by atoms with Crippen LogP contribution in [-0.4, -0.2) is 17.9 Å². The maximum atomic E-state index is 8.97. The lowest BCUT2D eigenvalue weighted by molar-refractivity contribution is 0.446. The lowest BCUT2D eigenvalue weighted by atomic mass is 10.4. The second-order valence-electron chi connectivity index (χ2n) is 1.75. The highest BCUT2D eigenvalue weighted by Gasteiger charge is 1.78. The van der Waals surface area contributed by atoms with Gasteiger partial charge in [-0.15, -0.1) is 12.8 Å². The van der Waals surface area contributed by atoms with Gasteiger partial charge in [-0.25, -0.2) is 0 Å². The van der Waals surface area contributed by atoms with E-state index in [-0.39, 0.29) is 5.76 Å². The third-order valence-corrected chi connectivity index (χ3v) is 0.866. The van der Waals surface area contributed by atoms with Crippen LogP contribution in [0.2, 0.25) is 0 Å². The summed E-state index contributed by atoms with van der Waals surface area (Å²) in [6.45, 7) is 4.51. The van der Waals surface area contributed by atoms with Gasteiger partial charge in [-0.05, 0) is 19.9 Å². The van der Waals surface area contributed by atoms with Crippen LogP contribution in [-0.2, 0) is 0 Å². The third-order valence-electron chi connectivity index (χ3n) is 0.866. The van der Waals surface area contributed by atoms with Crippen LogP contribution in [0.3, 0.4) is 0 Å². The lowest BCUT2D eigenvalue weighted by Crippen LogP contribution is -1.81. The molecule has 66 valence electrons. The molecule has 0 aliphatic carbocycles. The SMILES string of the molecule is C#C.C/C=C/C=C(\O)C=NCC. The van der Waals surface area contributed by atoms with Crippen LogP contribution in [0.25, 0.3) is 0 Å². The largest absolute Gasteiger partial charge is 0.506 e. The van der Waals surface area contributed by atoms with Gasteiger partial charge in [-0.1, -0.05) is 12.2 Å². The van der Waals surface area contributed by atoms with E-state index in [2.05, 4.69) is 17.8 Å². The van der Waals surface area contributed by atoms with Gasteiger partial charge < -0.3 is 5.11 Å². The minimum absolute atomic E-state index is 0.194. The van der Waals surface area contributed by atoms with Crippen LogP contribution >= 0.6 is 0 Å². The highest BCUT2D eigenvalue weighted by Crippen LogP contribution is 1.84. The molecule has 0 saturated carbocycles. The first kappa shape index (κ1) is 13.1. The second-order valence-corrected chi connectivity index (χ2v) is 1.75. The molecule has 0 unspecified atom stereocenters. The van der Waals surface area contributed by atoms with E-state index in [1.165, 1.54) is 6.21 Å². The summed E-state index contributed by atoms with van der Waals surface area (Å²) in [5.41, 5.74) is 0. The van der Waals surface area contributed by atoms with Crippen molar-refractivity contribution in [1.82, 2.24) is 0 Å². The minimum atomic E-state index is 0.194. The summed E-state index contributed by atoms with van der Waals surface area (Å²) in [5, 5.41) is 8.97. The summed E-state index contributed by atoms with van der Waals surface area (Å²) in [6, 6.07) is 0. The van der Waals surface area contributed by atoms with Gasteiger partial charge in [-0.2, -0.15) is 0 Å². The third kappa shape index (κ3) is 11.3. The normalized spacial score (nSPS) is 11.5. The molecule has 2 heteroatoms. The molecule has 0 atom stereocenters. The molecule has 0 amide bonds. The fourth-order valence-corrected chi connectivity index (χ4v) is 0.423. The van der Waals surface area contributed by atoms with Crippen molar-refractivity contribution >= 4 is 6.21 Å². The van der Waals surface area contributed by atoms with Crippen molar-refractivity contribution in [2.75, 3.05) is 6.54 Å². The van der Waals surface area contributed by atoms with Crippen molar-refractivity contribution < 1.29 is 5.11 Å². The average Bonchev–Trinajstić information content (AvgIpc) is 2.14. The van der Waals surface area contributed by atoms with E-state index in [1.807, 2.05) is 19.9 Å². The first-order valence-electron chi connectivity index (χ1n) is 3.66. The van der Waals surface area contributed by atoms with Gasteiger partial charge in [0.25, 0.3) is 0 Å². The number of aliphatic hydroxyl groups excluding tert-OH is 1. The Hall–Kier alpha value is -1.49. The molecule has 0 aromatic carbocycles. The molecule has 0 aromatic heterocycles. The number of aliphatic imine (C=N–C) groups is 1. The van der Waals surface area contributed by atoms with Gasteiger partial charge in [0, 0.05) is 6.54 Å². The highest BCUT2D eigenvalue weighted by molar-refractivity contribution is 5.75. The predicted molar refractivity (Wildman–Crippen MR) is 54.4 cm³/mol. The number of terminal acetylenes is 1. The molecule has 0 aromatic rings. The van der Waals surface area contributed by atoms with Crippen molar-refractivity contribution in [2.24, 2.45) is 4.99 Å². The summed E-state index contributed by atoms with van der Waals surface area (Å²) in [7, 11) is 0. The van der Waals surface area contributed by atoms with Gasteiger partial charge in [0.05, 0.1) is 6.21 Å². The molecule has 0 bridgehead atoms. The van der Waals surface area contributed by atoms with Crippen molar-refractivity contribution in [3.8, 4) is 12.8 Å². The fraction of sp³-hybridized carbons (Fsp3) is 0.300. The van der Waals surface area contributed by atoms with E-state index in [0.717, 1.165) is 0 Å². The van der Waals surface area contributed by atoms with Gasteiger partial charge in [0.15, 0.2) is 0 Å². The molecular formula is C10H15NO. The summed E-state index contributed by atoms with van der Waals surface area (Å²) < 4.78 is 0. The molecule has 0 fully saturated rings. The average molecular weight is 165 g/mol.